The quantitative estimate of drug-likeness (QED) is 0.663. The lowest BCUT2D eigenvalue weighted by molar-refractivity contribution is 0.0789. The molecule has 0 aliphatic carbocycles. The summed E-state index contributed by atoms with van der Waals surface area (Å²) in [6, 6.07) is 6.12. The van der Waals surface area contributed by atoms with Crippen LogP contribution >= 0.6 is 36.2 Å². The van der Waals surface area contributed by atoms with Gasteiger partial charge in [0.15, 0.2) is 5.65 Å². The van der Waals surface area contributed by atoms with Crippen LogP contribution in [0.15, 0.2) is 29.8 Å². The number of halogens is 2. The van der Waals surface area contributed by atoms with Crippen molar-refractivity contribution in [2.24, 2.45) is 11.7 Å². The van der Waals surface area contributed by atoms with Crippen molar-refractivity contribution in [1.82, 2.24) is 19.7 Å². The zero-order valence-electron chi connectivity index (χ0n) is 15.9. The molecule has 0 radical (unpaired) electrons. The molecule has 1 unspecified atom stereocenters. The molecule has 3 aromatic heterocycles. The predicted molar refractivity (Wildman–Crippen MR) is 119 cm³/mol. The zero-order chi connectivity index (χ0) is 18.3. The molecule has 0 saturated carbocycles. The molecular formula is C19H25Cl2N5OS. The molecular weight excluding hydrogens is 417 g/mol. The van der Waals surface area contributed by atoms with E-state index in [-0.39, 0.29) is 36.8 Å². The van der Waals surface area contributed by atoms with Crippen molar-refractivity contribution in [3.8, 4) is 10.6 Å². The van der Waals surface area contributed by atoms with Crippen molar-refractivity contribution in [2.45, 2.75) is 26.3 Å². The van der Waals surface area contributed by atoms with Gasteiger partial charge in [0.1, 0.15) is 0 Å². The van der Waals surface area contributed by atoms with Crippen LogP contribution in [0.3, 0.4) is 0 Å². The Labute approximate surface area is 180 Å². The van der Waals surface area contributed by atoms with E-state index in [0.29, 0.717) is 18.0 Å². The van der Waals surface area contributed by atoms with Crippen LogP contribution in [0.1, 0.15) is 36.7 Å². The second-order valence-corrected chi connectivity index (χ2v) is 8.04. The van der Waals surface area contributed by atoms with Gasteiger partial charge in [0.25, 0.3) is 5.91 Å². The van der Waals surface area contributed by atoms with Gasteiger partial charge in [-0.2, -0.15) is 5.10 Å². The number of hydrogen-bond donors (Lipinski definition) is 1. The molecule has 1 fully saturated rings. The van der Waals surface area contributed by atoms with Gasteiger partial charge in [-0.3, -0.25) is 4.79 Å². The third kappa shape index (κ3) is 4.03. The summed E-state index contributed by atoms with van der Waals surface area (Å²) in [5.74, 6) is 0.445. The Morgan fingerprint density at radius 3 is 2.79 bits per heavy atom. The van der Waals surface area contributed by atoms with Gasteiger partial charge in [-0.15, -0.1) is 36.2 Å². The first-order valence-electron chi connectivity index (χ1n) is 9.00. The molecule has 3 aromatic rings. The maximum atomic E-state index is 13.2. The summed E-state index contributed by atoms with van der Waals surface area (Å²) in [6.45, 7) is 6.25. The fraction of sp³-hybridized carbons (Fsp3) is 0.421. The second-order valence-electron chi connectivity index (χ2n) is 7.09. The van der Waals surface area contributed by atoms with Crippen molar-refractivity contribution in [1.29, 1.82) is 0 Å². The van der Waals surface area contributed by atoms with E-state index in [2.05, 4.69) is 18.9 Å². The zero-order valence-corrected chi connectivity index (χ0v) is 18.3. The molecule has 6 nitrogen and oxygen atoms in total. The highest BCUT2D eigenvalue weighted by Gasteiger charge is 2.28. The third-order valence-corrected chi connectivity index (χ3v) is 5.86. The number of likely N-dealkylation sites (tertiary alicyclic amines) is 1. The largest absolute Gasteiger partial charge is 0.338 e. The Bertz CT molecular complexity index is 941. The Balaban J connectivity index is 0.00000140. The van der Waals surface area contributed by atoms with Crippen LogP contribution in [-0.2, 0) is 0 Å². The van der Waals surface area contributed by atoms with E-state index >= 15 is 0 Å². The monoisotopic (exact) mass is 441 g/mol. The maximum absolute atomic E-state index is 13.2. The summed E-state index contributed by atoms with van der Waals surface area (Å²) >= 11 is 1.62. The van der Waals surface area contributed by atoms with Gasteiger partial charge in [-0.05, 0) is 50.2 Å². The van der Waals surface area contributed by atoms with Crippen LogP contribution in [0.25, 0.3) is 21.6 Å². The minimum absolute atomic E-state index is 0. The molecule has 4 heterocycles. The molecule has 0 spiro atoms. The van der Waals surface area contributed by atoms with Gasteiger partial charge < -0.3 is 10.6 Å². The lowest BCUT2D eigenvalue weighted by Crippen LogP contribution is -2.30. The first-order valence-corrected chi connectivity index (χ1v) is 9.88. The molecule has 4 rings (SSSR count). The normalized spacial score (nSPS) is 16.3. The summed E-state index contributed by atoms with van der Waals surface area (Å²) < 4.78 is 1.88. The fourth-order valence-electron chi connectivity index (χ4n) is 3.50. The summed E-state index contributed by atoms with van der Waals surface area (Å²) in [5, 5.41) is 7.33. The van der Waals surface area contributed by atoms with Crippen LogP contribution in [0, 0.1) is 5.92 Å². The lowest BCUT2D eigenvalue weighted by Gasteiger charge is -2.17. The summed E-state index contributed by atoms with van der Waals surface area (Å²) in [4.78, 5) is 21.0. The van der Waals surface area contributed by atoms with Crippen molar-refractivity contribution in [2.75, 3.05) is 19.6 Å². The summed E-state index contributed by atoms with van der Waals surface area (Å²) in [5.41, 5.74) is 8.07. The van der Waals surface area contributed by atoms with E-state index in [1.54, 1.807) is 17.5 Å². The number of nitrogens with zero attached hydrogens (tertiary/aromatic N) is 4. The van der Waals surface area contributed by atoms with E-state index in [4.69, 9.17) is 10.7 Å². The van der Waals surface area contributed by atoms with Crippen molar-refractivity contribution in [3.63, 3.8) is 0 Å². The topological polar surface area (TPSA) is 77.0 Å². The number of nitrogens with two attached hydrogens (primary N) is 1. The number of fused-ring (bicyclic) bond motifs is 1. The van der Waals surface area contributed by atoms with Crippen LogP contribution in [0.2, 0.25) is 0 Å². The van der Waals surface area contributed by atoms with Crippen LogP contribution < -0.4 is 5.73 Å². The molecule has 1 aliphatic heterocycles. The van der Waals surface area contributed by atoms with Gasteiger partial charge >= 0.3 is 0 Å². The summed E-state index contributed by atoms with van der Waals surface area (Å²) in [6.07, 6.45) is 2.74. The Morgan fingerprint density at radius 2 is 2.18 bits per heavy atom. The summed E-state index contributed by atoms with van der Waals surface area (Å²) in [7, 11) is 0. The number of carbonyl (C=O) groups excluding carboxylic acids is 1. The van der Waals surface area contributed by atoms with Crippen molar-refractivity contribution < 1.29 is 4.79 Å². The Kier molecular flexibility index (Phi) is 7.45. The molecule has 1 saturated heterocycles. The predicted octanol–water partition coefficient (Wildman–Crippen LogP) is 4.01. The van der Waals surface area contributed by atoms with Crippen LogP contribution in [0.4, 0.5) is 0 Å². The lowest BCUT2D eigenvalue weighted by atomic mass is 10.1. The number of amides is 1. The van der Waals surface area contributed by atoms with E-state index < -0.39 is 0 Å². The molecule has 0 bridgehead atoms. The van der Waals surface area contributed by atoms with E-state index in [9.17, 15) is 4.79 Å². The van der Waals surface area contributed by atoms with Gasteiger partial charge in [-0.1, -0.05) is 6.07 Å². The smallest absolute Gasteiger partial charge is 0.254 e. The Hall–Kier alpha value is -1.67. The highest BCUT2D eigenvalue weighted by Crippen LogP contribution is 2.30. The van der Waals surface area contributed by atoms with Gasteiger partial charge in [-0.25, -0.2) is 9.67 Å². The molecule has 1 amide bonds. The highest BCUT2D eigenvalue weighted by molar-refractivity contribution is 7.13. The second kappa shape index (κ2) is 9.22. The van der Waals surface area contributed by atoms with E-state index in [1.807, 2.05) is 33.2 Å². The number of carbonyl (C=O) groups is 1. The molecule has 1 atom stereocenters. The van der Waals surface area contributed by atoms with Gasteiger partial charge in [0.05, 0.1) is 27.7 Å². The first kappa shape index (κ1) is 22.6. The number of pyridine rings is 1. The number of thiophene rings is 1. The van der Waals surface area contributed by atoms with Gasteiger partial charge in [0, 0.05) is 19.1 Å². The Morgan fingerprint density at radius 1 is 1.39 bits per heavy atom. The molecule has 2 N–H and O–H groups in total. The van der Waals surface area contributed by atoms with E-state index in [1.165, 1.54) is 0 Å². The number of aromatic nitrogens is 3. The maximum Gasteiger partial charge on any atom is 0.254 e. The molecule has 28 heavy (non-hydrogen) atoms. The van der Waals surface area contributed by atoms with Gasteiger partial charge in [0.2, 0.25) is 0 Å². The van der Waals surface area contributed by atoms with Crippen molar-refractivity contribution in [3.05, 3.63) is 35.3 Å². The molecule has 1 aliphatic rings. The molecule has 152 valence electrons. The van der Waals surface area contributed by atoms with Crippen LogP contribution in [0.5, 0.6) is 0 Å². The first-order chi connectivity index (χ1) is 12.6. The minimum Gasteiger partial charge on any atom is -0.338 e. The number of rotatable bonds is 4. The minimum atomic E-state index is 0. The molecule has 0 aromatic carbocycles. The molecule has 9 heteroatoms. The van der Waals surface area contributed by atoms with Crippen LogP contribution in [-0.4, -0.2) is 45.2 Å². The SMILES string of the molecule is CC(C)n1ncc2c(C(=O)N3CCC(CN)C3)cc(-c3cccs3)nc21.Cl.Cl. The highest BCUT2D eigenvalue weighted by atomic mass is 35.5. The standard InChI is InChI=1S/C19H23N5OS.2ClH/c1-12(2)24-18-15(10-21-24)14(8-16(22-18)17-4-3-7-26-17)19(25)23-6-5-13(9-20)11-23;;/h3-4,7-8,10,12-13H,5-6,9,11,20H2,1-2H3;2*1H. The average Bonchev–Trinajstić information content (AvgIpc) is 3.39. The van der Waals surface area contributed by atoms with Crippen molar-refractivity contribution >= 4 is 53.1 Å². The number of hydrogen-bond acceptors (Lipinski definition) is 5. The third-order valence-electron chi connectivity index (χ3n) is 4.97. The van der Waals surface area contributed by atoms with E-state index in [0.717, 1.165) is 41.1 Å². The average molecular weight is 442 g/mol. The fourth-order valence-corrected chi connectivity index (χ4v) is 4.19.